The number of amides is 1. The molecule has 0 atom stereocenters. The molecule has 10 heteroatoms. The second-order valence-electron chi connectivity index (χ2n) is 8.20. The summed E-state index contributed by atoms with van der Waals surface area (Å²) in [5.74, 6) is -0.528. The van der Waals surface area contributed by atoms with E-state index in [2.05, 4.69) is 14.7 Å². The van der Waals surface area contributed by atoms with Crippen LogP contribution in [0.2, 0.25) is 0 Å². The summed E-state index contributed by atoms with van der Waals surface area (Å²) in [4.78, 5) is 33.1. The number of nitrogens with one attached hydrogen (secondary N) is 2. The lowest BCUT2D eigenvalue weighted by Crippen LogP contribution is -2.31. The number of hydrogen-bond acceptors (Lipinski definition) is 6. The van der Waals surface area contributed by atoms with Crippen LogP contribution in [-0.4, -0.2) is 35.1 Å². The Kier molecular flexibility index (Phi) is 7.12. The van der Waals surface area contributed by atoms with Gasteiger partial charge >= 0.3 is 0 Å². The van der Waals surface area contributed by atoms with E-state index >= 15 is 0 Å². The molecule has 2 aromatic carbocycles. The molecule has 190 valence electrons. The molecule has 0 unspecified atom stereocenters. The van der Waals surface area contributed by atoms with Crippen LogP contribution in [-0.2, 0) is 16.6 Å². The maximum atomic E-state index is 13.5. The number of nitrogen functional groups attached to an aromatic ring is 1. The summed E-state index contributed by atoms with van der Waals surface area (Å²) in [6.45, 7) is 4.19. The van der Waals surface area contributed by atoms with Crippen molar-refractivity contribution in [1.82, 2.24) is 19.3 Å². The van der Waals surface area contributed by atoms with Crippen molar-refractivity contribution < 1.29 is 13.2 Å². The Balaban J connectivity index is 0.00000156. The van der Waals surface area contributed by atoms with Crippen LogP contribution in [0.4, 0.5) is 5.82 Å². The van der Waals surface area contributed by atoms with E-state index in [9.17, 15) is 18.0 Å². The van der Waals surface area contributed by atoms with Gasteiger partial charge in [-0.3, -0.25) is 9.59 Å². The fraction of sp³-hybridized carbons (Fsp3) is 0.148. The average Bonchev–Trinajstić information content (AvgIpc) is 3.19. The van der Waals surface area contributed by atoms with E-state index in [-0.39, 0.29) is 17.8 Å². The molecular formula is C27H27N5O4S. The van der Waals surface area contributed by atoms with Crippen LogP contribution in [0.5, 0.6) is 0 Å². The number of carbonyl (C=O) groups is 1. The van der Waals surface area contributed by atoms with E-state index in [1.54, 1.807) is 35.0 Å². The van der Waals surface area contributed by atoms with Gasteiger partial charge < -0.3 is 15.3 Å². The van der Waals surface area contributed by atoms with Gasteiger partial charge in [-0.1, -0.05) is 44.2 Å². The van der Waals surface area contributed by atoms with Crippen LogP contribution in [0, 0.1) is 0 Å². The number of pyridine rings is 2. The predicted octanol–water partition coefficient (Wildman–Crippen LogP) is 3.89. The van der Waals surface area contributed by atoms with Crippen molar-refractivity contribution in [3.63, 3.8) is 0 Å². The van der Waals surface area contributed by atoms with Crippen LogP contribution >= 0.6 is 0 Å². The molecule has 5 rings (SSSR count). The summed E-state index contributed by atoms with van der Waals surface area (Å²) >= 11 is 0. The zero-order valence-electron chi connectivity index (χ0n) is 20.6. The average molecular weight is 518 g/mol. The molecule has 0 aliphatic heterocycles. The van der Waals surface area contributed by atoms with Gasteiger partial charge in [-0.25, -0.2) is 18.1 Å². The standard InChI is InChI=1S/C25H21N5O4S.C2H6/c1-35(33,34)29-25(32)23-22(18-7-4-11-28-24(18)31)21-17-6-3-2-5-16(17)8-9-19(21)30(23)14-15-10-12-27-20(26)13-15;1-2/h2-13H,14H2,1H3,(H2,26,27)(H,28,31)(H,29,32);1-2H3. The van der Waals surface area contributed by atoms with Crippen molar-refractivity contribution in [3.8, 4) is 11.1 Å². The smallest absolute Gasteiger partial charge is 0.282 e. The predicted molar refractivity (Wildman–Crippen MR) is 147 cm³/mol. The highest BCUT2D eigenvalue weighted by molar-refractivity contribution is 7.89. The number of nitrogens with zero attached hydrogens (tertiary/aromatic N) is 2. The maximum Gasteiger partial charge on any atom is 0.282 e. The molecule has 3 aromatic heterocycles. The second kappa shape index (κ2) is 10.3. The Morgan fingerprint density at radius 1 is 1.08 bits per heavy atom. The third-order valence-corrected chi connectivity index (χ3v) is 6.28. The van der Waals surface area contributed by atoms with E-state index in [0.29, 0.717) is 22.3 Å². The Bertz CT molecular complexity index is 1790. The Hall–Kier alpha value is -4.44. The number of rotatable bonds is 5. The number of H-pyrrole nitrogens is 1. The number of nitrogens with two attached hydrogens (primary N) is 1. The van der Waals surface area contributed by atoms with Gasteiger partial charge in [0.2, 0.25) is 10.0 Å². The summed E-state index contributed by atoms with van der Waals surface area (Å²) in [6, 6.07) is 18.1. The van der Waals surface area contributed by atoms with Gasteiger partial charge in [0, 0.05) is 35.5 Å². The Labute approximate surface area is 214 Å². The molecule has 0 spiro atoms. The van der Waals surface area contributed by atoms with Crippen LogP contribution < -0.4 is 16.0 Å². The van der Waals surface area contributed by atoms with Gasteiger partial charge in [0.15, 0.2) is 0 Å². The third kappa shape index (κ3) is 5.10. The first-order valence-corrected chi connectivity index (χ1v) is 13.6. The lowest BCUT2D eigenvalue weighted by atomic mass is 9.98. The van der Waals surface area contributed by atoms with Crippen molar-refractivity contribution >= 4 is 43.4 Å². The molecule has 0 radical (unpaired) electrons. The SMILES string of the molecule is CC.CS(=O)(=O)NC(=O)c1c(-c2ccc[nH]c2=O)c2c3ccccc3ccc2n1Cc1ccnc(N)c1. The monoisotopic (exact) mass is 517 g/mol. The number of sulfonamides is 1. The molecule has 0 saturated carbocycles. The molecule has 0 aliphatic carbocycles. The highest BCUT2D eigenvalue weighted by Gasteiger charge is 2.28. The van der Waals surface area contributed by atoms with Crippen molar-refractivity contribution in [2.45, 2.75) is 20.4 Å². The van der Waals surface area contributed by atoms with Crippen LogP contribution in [0.3, 0.4) is 0 Å². The molecule has 0 aliphatic rings. The van der Waals surface area contributed by atoms with Crippen LogP contribution in [0.25, 0.3) is 32.8 Å². The molecule has 0 saturated heterocycles. The normalized spacial score (nSPS) is 11.2. The van der Waals surface area contributed by atoms with E-state index < -0.39 is 21.5 Å². The van der Waals surface area contributed by atoms with Gasteiger partial charge in [0.1, 0.15) is 11.5 Å². The van der Waals surface area contributed by atoms with E-state index in [4.69, 9.17) is 5.73 Å². The number of anilines is 1. The van der Waals surface area contributed by atoms with Crippen molar-refractivity contribution in [3.05, 3.63) is 94.7 Å². The minimum atomic E-state index is -3.89. The molecule has 0 fully saturated rings. The molecule has 3 heterocycles. The van der Waals surface area contributed by atoms with Gasteiger partial charge in [0.05, 0.1) is 11.8 Å². The zero-order valence-corrected chi connectivity index (χ0v) is 21.5. The number of carbonyl (C=O) groups excluding carboxylic acids is 1. The van der Waals surface area contributed by atoms with Gasteiger partial charge in [-0.05, 0) is 46.7 Å². The van der Waals surface area contributed by atoms with Gasteiger partial charge in [-0.2, -0.15) is 0 Å². The number of aromatic nitrogens is 3. The van der Waals surface area contributed by atoms with Crippen molar-refractivity contribution in [2.24, 2.45) is 0 Å². The molecule has 0 bridgehead atoms. The highest BCUT2D eigenvalue weighted by Crippen LogP contribution is 2.38. The van der Waals surface area contributed by atoms with E-state index in [1.165, 1.54) is 6.20 Å². The Morgan fingerprint density at radius 3 is 2.54 bits per heavy atom. The fourth-order valence-corrected chi connectivity index (χ4v) is 4.83. The first kappa shape index (κ1) is 25.6. The quantitative estimate of drug-likeness (QED) is 0.323. The van der Waals surface area contributed by atoms with Crippen LogP contribution in [0.15, 0.2) is 77.9 Å². The number of aromatic amines is 1. The lowest BCUT2D eigenvalue weighted by Gasteiger charge is -2.12. The minimum Gasteiger partial charge on any atom is -0.384 e. The second-order valence-corrected chi connectivity index (χ2v) is 9.94. The van der Waals surface area contributed by atoms with Crippen molar-refractivity contribution in [1.29, 1.82) is 0 Å². The van der Waals surface area contributed by atoms with E-state index in [0.717, 1.165) is 22.6 Å². The van der Waals surface area contributed by atoms with Crippen molar-refractivity contribution in [2.75, 3.05) is 12.0 Å². The summed E-state index contributed by atoms with van der Waals surface area (Å²) < 4.78 is 27.9. The fourth-order valence-electron chi connectivity index (χ4n) is 4.39. The maximum absolute atomic E-state index is 13.5. The summed E-state index contributed by atoms with van der Waals surface area (Å²) in [6.07, 6.45) is 3.97. The van der Waals surface area contributed by atoms with Crippen LogP contribution in [0.1, 0.15) is 29.9 Å². The molecule has 4 N–H and O–H groups in total. The molecule has 5 aromatic rings. The summed E-state index contributed by atoms with van der Waals surface area (Å²) in [5, 5.41) is 2.40. The van der Waals surface area contributed by atoms with Gasteiger partial charge in [-0.15, -0.1) is 0 Å². The van der Waals surface area contributed by atoms with Gasteiger partial charge in [0.25, 0.3) is 11.5 Å². The number of hydrogen-bond donors (Lipinski definition) is 3. The molecule has 37 heavy (non-hydrogen) atoms. The summed E-state index contributed by atoms with van der Waals surface area (Å²) in [7, 11) is -3.89. The molecular weight excluding hydrogens is 490 g/mol. The lowest BCUT2D eigenvalue weighted by molar-refractivity contribution is 0.0974. The minimum absolute atomic E-state index is 0.0499. The largest absolute Gasteiger partial charge is 0.384 e. The number of benzene rings is 2. The topological polar surface area (TPSA) is 140 Å². The zero-order chi connectivity index (χ0) is 26.7. The number of fused-ring (bicyclic) bond motifs is 3. The summed E-state index contributed by atoms with van der Waals surface area (Å²) in [5.41, 5.74) is 7.54. The first-order chi connectivity index (χ1) is 17.7. The Morgan fingerprint density at radius 2 is 1.84 bits per heavy atom. The first-order valence-electron chi connectivity index (χ1n) is 11.7. The molecule has 1 amide bonds. The van der Waals surface area contributed by atoms with E-state index in [1.807, 2.05) is 50.2 Å². The molecule has 9 nitrogen and oxygen atoms in total. The third-order valence-electron chi connectivity index (χ3n) is 5.72. The highest BCUT2D eigenvalue weighted by atomic mass is 32.2.